The van der Waals surface area contributed by atoms with Crippen LogP contribution < -0.4 is 5.32 Å². The molecule has 2 aromatic rings. The van der Waals surface area contributed by atoms with Crippen molar-refractivity contribution in [2.24, 2.45) is 0 Å². The van der Waals surface area contributed by atoms with Crippen molar-refractivity contribution >= 4 is 23.6 Å². The highest BCUT2D eigenvalue weighted by Crippen LogP contribution is 2.14. The van der Waals surface area contributed by atoms with Crippen molar-refractivity contribution < 1.29 is 14.7 Å². The van der Waals surface area contributed by atoms with Crippen LogP contribution in [0.3, 0.4) is 0 Å². The van der Waals surface area contributed by atoms with E-state index in [4.69, 9.17) is 5.11 Å². The number of pyridine rings is 1. The molecule has 1 heterocycles. The van der Waals surface area contributed by atoms with Crippen LogP contribution in [0.25, 0.3) is 6.08 Å². The lowest BCUT2D eigenvalue weighted by Crippen LogP contribution is -2.12. The van der Waals surface area contributed by atoms with E-state index in [9.17, 15) is 9.59 Å². The molecule has 0 bridgehead atoms. The van der Waals surface area contributed by atoms with Gasteiger partial charge in [0.1, 0.15) is 0 Å². The summed E-state index contributed by atoms with van der Waals surface area (Å²) in [6, 6.07) is 8.46. The van der Waals surface area contributed by atoms with Crippen LogP contribution in [-0.2, 0) is 4.79 Å². The molecule has 0 fully saturated rings. The molecule has 0 saturated carbocycles. The van der Waals surface area contributed by atoms with Gasteiger partial charge in [-0.05, 0) is 42.3 Å². The minimum atomic E-state index is -1.03. The van der Waals surface area contributed by atoms with Crippen LogP contribution in [0.15, 0.2) is 48.8 Å². The fourth-order valence-electron chi connectivity index (χ4n) is 1.76. The standard InChI is InChI=1S/C16H14N2O3/c1-11-10-17-8-7-14(11)18-16(21)13-4-2-3-12(9-13)5-6-15(19)20/h2-10H,1H3,(H,19,20)(H,17,18,21). The first-order valence-corrected chi connectivity index (χ1v) is 6.29. The van der Waals surface area contributed by atoms with Crippen molar-refractivity contribution in [2.45, 2.75) is 6.92 Å². The number of carboxylic acids is 1. The summed E-state index contributed by atoms with van der Waals surface area (Å²) in [6.45, 7) is 1.86. The minimum Gasteiger partial charge on any atom is -0.478 e. The second-order valence-electron chi connectivity index (χ2n) is 4.44. The maximum Gasteiger partial charge on any atom is 0.328 e. The Morgan fingerprint density at radius 2 is 2.10 bits per heavy atom. The summed E-state index contributed by atoms with van der Waals surface area (Å²) in [4.78, 5) is 26.6. The number of benzene rings is 1. The van der Waals surface area contributed by atoms with Crippen LogP contribution in [0, 0.1) is 6.92 Å². The average Bonchev–Trinajstić information content (AvgIpc) is 2.48. The van der Waals surface area contributed by atoms with E-state index < -0.39 is 5.97 Å². The van der Waals surface area contributed by atoms with Gasteiger partial charge in [0, 0.05) is 29.7 Å². The Kier molecular flexibility index (Phi) is 4.46. The normalized spacial score (nSPS) is 10.5. The lowest BCUT2D eigenvalue weighted by atomic mass is 10.1. The molecule has 1 amide bonds. The predicted molar refractivity (Wildman–Crippen MR) is 80.0 cm³/mol. The summed E-state index contributed by atoms with van der Waals surface area (Å²) in [6.07, 6.45) is 5.75. The van der Waals surface area contributed by atoms with E-state index >= 15 is 0 Å². The van der Waals surface area contributed by atoms with Crippen molar-refractivity contribution in [2.75, 3.05) is 5.32 Å². The first kappa shape index (κ1) is 14.5. The second kappa shape index (κ2) is 6.47. The van der Waals surface area contributed by atoms with E-state index in [1.165, 1.54) is 6.08 Å². The van der Waals surface area contributed by atoms with Gasteiger partial charge in [0.05, 0.1) is 0 Å². The second-order valence-corrected chi connectivity index (χ2v) is 4.44. The van der Waals surface area contributed by atoms with Gasteiger partial charge in [-0.25, -0.2) is 4.79 Å². The third-order valence-electron chi connectivity index (χ3n) is 2.84. The fourth-order valence-corrected chi connectivity index (χ4v) is 1.76. The molecule has 5 nitrogen and oxygen atoms in total. The van der Waals surface area contributed by atoms with Crippen molar-refractivity contribution in [1.82, 2.24) is 4.98 Å². The molecule has 2 N–H and O–H groups in total. The smallest absolute Gasteiger partial charge is 0.328 e. The molecule has 0 atom stereocenters. The lowest BCUT2D eigenvalue weighted by Gasteiger charge is -2.08. The van der Waals surface area contributed by atoms with Gasteiger partial charge in [-0.2, -0.15) is 0 Å². The number of rotatable bonds is 4. The van der Waals surface area contributed by atoms with Gasteiger partial charge >= 0.3 is 5.97 Å². The van der Waals surface area contributed by atoms with Crippen LogP contribution in [0.4, 0.5) is 5.69 Å². The van der Waals surface area contributed by atoms with Gasteiger partial charge in [-0.1, -0.05) is 12.1 Å². The summed E-state index contributed by atoms with van der Waals surface area (Å²) >= 11 is 0. The molecule has 21 heavy (non-hydrogen) atoms. The molecule has 0 aliphatic carbocycles. The Labute approximate surface area is 122 Å². The molecule has 1 aromatic carbocycles. The molecule has 0 unspecified atom stereocenters. The quantitative estimate of drug-likeness (QED) is 0.845. The Morgan fingerprint density at radius 3 is 2.81 bits per heavy atom. The first-order chi connectivity index (χ1) is 10.1. The Morgan fingerprint density at radius 1 is 1.29 bits per heavy atom. The predicted octanol–water partition coefficient (Wildman–Crippen LogP) is 2.74. The number of hydrogen-bond donors (Lipinski definition) is 2. The van der Waals surface area contributed by atoms with E-state index in [2.05, 4.69) is 10.3 Å². The summed E-state index contributed by atoms with van der Waals surface area (Å²) in [7, 11) is 0. The van der Waals surface area contributed by atoms with E-state index in [-0.39, 0.29) is 5.91 Å². The van der Waals surface area contributed by atoms with E-state index in [1.54, 1.807) is 42.7 Å². The number of aliphatic carboxylic acids is 1. The number of hydrogen-bond acceptors (Lipinski definition) is 3. The number of nitrogens with zero attached hydrogens (tertiary/aromatic N) is 1. The molecule has 106 valence electrons. The molecule has 0 aliphatic heterocycles. The topological polar surface area (TPSA) is 79.3 Å². The molecule has 0 saturated heterocycles. The van der Waals surface area contributed by atoms with Crippen LogP contribution in [0.5, 0.6) is 0 Å². The molecule has 0 radical (unpaired) electrons. The molecule has 0 aliphatic rings. The van der Waals surface area contributed by atoms with Gasteiger partial charge in [0.15, 0.2) is 0 Å². The van der Waals surface area contributed by atoms with Gasteiger partial charge in [0.2, 0.25) is 0 Å². The number of amides is 1. The summed E-state index contributed by atoms with van der Waals surface area (Å²) < 4.78 is 0. The number of aryl methyl sites for hydroxylation is 1. The van der Waals surface area contributed by atoms with Gasteiger partial charge in [-0.15, -0.1) is 0 Å². The molecule has 5 heteroatoms. The van der Waals surface area contributed by atoms with E-state index in [0.717, 1.165) is 11.6 Å². The number of carbonyl (C=O) groups excluding carboxylic acids is 1. The zero-order valence-corrected chi connectivity index (χ0v) is 11.4. The van der Waals surface area contributed by atoms with Crippen LogP contribution >= 0.6 is 0 Å². The number of carbonyl (C=O) groups is 2. The third-order valence-corrected chi connectivity index (χ3v) is 2.84. The molecular formula is C16H14N2O3. The van der Waals surface area contributed by atoms with Crippen molar-refractivity contribution in [1.29, 1.82) is 0 Å². The van der Waals surface area contributed by atoms with Gasteiger partial charge in [0.25, 0.3) is 5.91 Å². The third kappa shape index (κ3) is 4.01. The van der Waals surface area contributed by atoms with Crippen molar-refractivity contribution in [3.05, 3.63) is 65.5 Å². The lowest BCUT2D eigenvalue weighted by molar-refractivity contribution is -0.131. The van der Waals surface area contributed by atoms with Crippen LogP contribution in [0.2, 0.25) is 0 Å². The van der Waals surface area contributed by atoms with Gasteiger partial charge in [-0.3, -0.25) is 9.78 Å². The maximum absolute atomic E-state index is 12.2. The number of aromatic nitrogens is 1. The minimum absolute atomic E-state index is 0.255. The SMILES string of the molecule is Cc1cnccc1NC(=O)c1cccc(C=CC(=O)O)c1. The highest BCUT2D eigenvalue weighted by Gasteiger charge is 2.07. The monoisotopic (exact) mass is 282 g/mol. The van der Waals surface area contributed by atoms with E-state index in [1.807, 2.05) is 6.92 Å². The Balaban J connectivity index is 2.18. The number of carboxylic acid groups (broad SMARTS) is 1. The van der Waals surface area contributed by atoms with Crippen molar-refractivity contribution in [3.63, 3.8) is 0 Å². The number of anilines is 1. The molecule has 0 spiro atoms. The summed E-state index contributed by atoms with van der Waals surface area (Å²) in [5, 5.41) is 11.4. The highest BCUT2D eigenvalue weighted by atomic mass is 16.4. The maximum atomic E-state index is 12.2. The highest BCUT2D eigenvalue weighted by molar-refractivity contribution is 6.05. The Hall–Kier alpha value is -2.95. The molecular weight excluding hydrogens is 268 g/mol. The number of nitrogens with one attached hydrogen (secondary N) is 1. The zero-order chi connectivity index (χ0) is 15.2. The van der Waals surface area contributed by atoms with E-state index in [0.29, 0.717) is 16.8 Å². The average molecular weight is 282 g/mol. The summed E-state index contributed by atoms with van der Waals surface area (Å²) in [5.41, 5.74) is 2.67. The summed E-state index contributed by atoms with van der Waals surface area (Å²) in [5.74, 6) is -1.29. The fraction of sp³-hybridized carbons (Fsp3) is 0.0625. The first-order valence-electron chi connectivity index (χ1n) is 6.29. The largest absolute Gasteiger partial charge is 0.478 e. The van der Waals surface area contributed by atoms with Crippen molar-refractivity contribution in [3.8, 4) is 0 Å². The Bertz CT molecular complexity index is 708. The van der Waals surface area contributed by atoms with Gasteiger partial charge < -0.3 is 10.4 Å². The molecule has 1 aromatic heterocycles. The van der Waals surface area contributed by atoms with Crippen LogP contribution in [0.1, 0.15) is 21.5 Å². The molecule has 2 rings (SSSR count). The zero-order valence-electron chi connectivity index (χ0n) is 11.4. The van der Waals surface area contributed by atoms with Crippen LogP contribution in [-0.4, -0.2) is 22.0 Å².